The summed E-state index contributed by atoms with van der Waals surface area (Å²) in [4.78, 5) is 14.6. The first kappa shape index (κ1) is 18.3. The minimum Gasteiger partial charge on any atom is -0.382 e. The number of carbonyl (C=O) groups excluding carboxylic acids is 1. The van der Waals surface area contributed by atoms with E-state index in [1.807, 2.05) is 34.0 Å². The monoisotopic (exact) mass is 377 g/mol. The first-order chi connectivity index (χ1) is 13.6. The zero-order valence-corrected chi connectivity index (χ0v) is 16.5. The van der Waals surface area contributed by atoms with Gasteiger partial charge in [-0.3, -0.25) is 4.68 Å². The van der Waals surface area contributed by atoms with Crippen molar-refractivity contribution in [2.45, 2.75) is 39.3 Å². The fraction of sp³-hybridized carbons (Fsp3) is 0.364. The molecule has 1 fully saturated rings. The highest BCUT2D eigenvalue weighted by Gasteiger charge is 2.23. The van der Waals surface area contributed by atoms with Crippen LogP contribution >= 0.6 is 0 Å². The van der Waals surface area contributed by atoms with Crippen LogP contribution < -0.4 is 10.6 Å². The summed E-state index contributed by atoms with van der Waals surface area (Å²) in [6, 6.07) is 14.7. The van der Waals surface area contributed by atoms with Gasteiger partial charge >= 0.3 is 6.03 Å². The van der Waals surface area contributed by atoms with Crippen molar-refractivity contribution in [3.8, 4) is 0 Å². The first-order valence-electron chi connectivity index (χ1n) is 9.97. The fourth-order valence-corrected chi connectivity index (χ4v) is 3.80. The van der Waals surface area contributed by atoms with Gasteiger partial charge in [0, 0.05) is 42.4 Å². The Hall–Kier alpha value is -3.02. The van der Waals surface area contributed by atoms with Crippen molar-refractivity contribution in [3.63, 3.8) is 0 Å². The van der Waals surface area contributed by atoms with E-state index in [2.05, 4.69) is 53.8 Å². The maximum absolute atomic E-state index is 12.7. The van der Waals surface area contributed by atoms with Gasteiger partial charge in [0.1, 0.15) is 0 Å². The molecule has 146 valence electrons. The van der Waals surface area contributed by atoms with Crippen LogP contribution in [0.3, 0.4) is 0 Å². The molecule has 2 amide bonds. The molecule has 0 unspecified atom stereocenters. The minimum absolute atomic E-state index is 0.0316. The number of nitrogens with one attached hydrogen (secondary N) is 2. The maximum Gasteiger partial charge on any atom is 0.321 e. The Bertz CT molecular complexity index is 972. The van der Waals surface area contributed by atoms with Crippen LogP contribution in [0.5, 0.6) is 0 Å². The Morgan fingerprint density at radius 3 is 2.71 bits per heavy atom. The van der Waals surface area contributed by atoms with E-state index < -0.39 is 0 Å². The molecule has 3 aromatic rings. The van der Waals surface area contributed by atoms with E-state index in [9.17, 15) is 4.79 Å². The zero-order valence-electron chi connectivity index (χ0n) is 16.5. The highest BCUT2D eigenvalue weighted by molar-refractivity contribution is 5.92. The number of hydrogen-bond donors (Lipinski definition) is 2. The zero-order chi connectivity index (χ0) is 19.5. The molecule has 0 atom stereocenters. The second kappa shape index (κ2) is 7.92. The third-order valence-corrected chi connectivity index (χ3v) is 5.37. The van der Waals surface area contributed by atoms with Crippen molar-refractivity contribution >= 4 is 28.3 Å². The predicted molar refractivity (Wildman–Crippen MR) is 114 cm³/mol. The number of hydrogen-bond acceptors (Lipinski definition) is 3. The van der Waals surface area contributed by atoms with E-state index in [0.29, 0.717) is 6.04 Å². The number of fused-ring (bicyclic) bond motifs is 1. The van der Waals surface area contributed by atoms with Gasteiger partial charge in [0.25, 0.3) is 0 Å². The molecule has 0 radical (unpaired) electrons. The average Bonchev–Trinajstić information content (AvgIpc) is 3.11. The van der Waals surface area contributed by atoms with Gasteiger partial charge in [-0.05, 0) is 62.6 Å². The predicted octanol–water partition coefficient (Wildman–Crippen LogP) is 4.47. The summed E-state index contributed by atoms with van der Waals surface area (Å²) >= 11 is 0. The van der Waals surface area contributed by atoms with Gasteiger partial charge < -0.3 is 15.5 Å². The van der Waals surface area contributed by atoms with E-state index >= 15 is 0 Å². The van der Waals surface area contributed by atoms with Gasteiger partial charge in [0.2, 0.25) is 0 Å². The largest absolute Gasteiger partial charge is 0.382 e. The molecule has 1 aromatic heterocycles. The first-order valence-corrected chi connectivity index (χ1v) is 9.97. The lowest BCUT2D eigenvalue weighted by molar-refractivity contribution is 0.197. The molecule has 6 nitrogen and oxygen atoms in total. The number of rotatable bonds is 4. The van der Waals surface area contributed by atoms with Crippen LogP contribution in [-0.4, -0.2) is 39.8 Å². The molecular weight excluding hydrogens is 350 g/mol. The number of urea groups is 1. The Morgan fingerprint density at radius 2 is 1.96 bits per heavy atom. The van der Waals surface area contributed by atoms with Crippen molar-refractivity contribution in [2.75, 3.05) is 23.7 Å². The lowest BCUT2D eigenvalue weighted by Gasteiger charge is -2.33. The van der Waals surface area contributed by atoms with Crippen LogP contribution in [0.1, 0.15) is 25.3 Å². The number of aryl methyl sites for hydroxylation is 2. The highest BCUT2D eigenvalue weighted by Crippen LogP contribution is 2.21. The van der Waals surface area contributed by atoms with Gasteiger partial charge in [-0.1, -0.05) is 12.1 Å². The molecule has 6 heteroatoms. The topological polar surface area (TPSA) is 62.2 Å². The SMILES string of the molecule is CCn1ncc2ccc(NC(=O)N3CCC(Nc4cccc(C)c4)CC3)cc21. The number of aromatic nitrogens is 2. The number of benzene rings is 2. The standard InChI is InChI=1S/C22H27N5O/c1-3-27-21-14-20(8-7-17(21)15-23-27)25-22(28)26-11-9-18(10-12-26)24-19-6-4-5-16(2)13-19/h4-8,13-15,18,24H,3,9-12H2,1-2H3,(H,25,28). The van der Waals surface area contributed by atoms with Crippen LogP contribution in [0, 0.1) is 6.92 Å². The second-order valence-corrected chi connectivity index (χ2v) is 7.44. The summed E-state index contributed by atoms with van der Waals surface area (Å²) in [7, 11) is 0. The Balaban J connectivity index is 1.34. The molecule has 0 bridgehead atoms. The number of nitrogens with zero attached hydrogens (tertiary/aromatic N) is 3. The van der Waals surface area contributed by atoms with E-state index in [1.165, 1.54) is 5.56 Å². The van der Waals surface area contributed by atoms with Crippen molar-refractivity contribution < 1.29 is 4.79 Å². The molecule has 1 saturated heterocycles. The van der Waals surface area contributed by atoms with E-state index in [-0.39, 0.29) is 6.03 Å². The molecule has 4 rings (SSSR count). The van der Waals surface area contributed by atoms with Gasteiger partial charge in [0.05, 0.1) is 11.7 Å². The highest BCUT2D eigenvalue weighted by atomic mass is 16.2. The minimum atomic E-state index is -0.0316. The van der Waals surface area contributed by atoms with Crippen LogP contribution in [-0.2, 0) is 6.54 Å². The summed E-state index contributed by atoms with van der Waals surface area (Å²) in [5.41, 5.74) is 4.26. The summed E-state index contributed by atoms with van der Waals surface area (Å²) in [5.74, 6) is 0. The number of likely N-dealkylation sites (tertiary alicyclic amines) is 1. The van der Waals surface area contributed by atoms with Crippen LogP contribution in [0.2, 0.25) is 0 Å². The molecule has 2 aromatic carbocycles. The van der Waals surface area contributed by atoms with Crippen LogP contribution in [0.4, 0.5) is 16.2 Å². The third kappa shape index (κ3) is 3.96. The molecule has 2 N–H and O–H groups in total. The summed E-state index contributed by atoms with van der Waals surface area (Å²) in [6.07, 6.45) is 3.75. The fourth-order valence-electron chi connectivity index (χ4n) is 3.80. The quantitative estimate of drug-likeness (QED) is 0.705. The van der Waals surface area contributed by atoms with Crippen molar-refractivity contribution in [3.05, 3.63) is 54.2 Å². The van der Waals surface area contributed by atoms with Gasteiger partial charge in [0.15, 0.2) is 0 Å². The Kier molecular flexibility index (Phi) is 5.19. The van der Waals surface area contributed by atoms with Gasteiger partial charge in [-0.15, -0.1) is 0 Å². The summed E-state index contributed by atoms with van der Waals surface area (Å²) < 4.78 is 1.94. The number of piperidine rings is 1. The molecule has 28 heavy (non-hydrogen) atoms. The van der Waals surface area contributed by atoms with E-state index in [4.69, 9.17) is 0 Å². The molecular formula is C22H27N5O. The number of anilines is 2. The van der Waals surface area contributed by atoms with E-state index in [1.54, 1.807) is 0 Å². The molecule has 0 aliphatic carbocycles. The van der Waals surface area contributed by atoms with Crippen molar-refractivity contribution in [1.82, 2.24) is 14.7 Å². The van der Waals surface area contributed by atoms with Crippen molar-refractivity contribution in [1.29, 1.82) is 0 Å². The van der Waals surface area contributed by atoms with Crippen LogP contribution in [0.15, 0.2) is 48.7 Å². The maximum atomic E-state index is 12.7. The normalized spacial score (nSPS) is 15.0. The Morgan fingerprint density at radius 1 is 1.14 bits per heavy atom. The lowest BCUT2D eigenvalue weighted by Crippen LogP contribution is -2.44. The average molecular weight is 377 g/mol. The lowest BCUT2D eigenvalue weighted by atomic mass is 10.0. The number of carbonyl (C=O) groups is 1. The van der Waals surface area contributed by atoms with Crippen molar-refractivity contribution in [2.24, 2.45) is 0 Å². The van der Waals surface area contributed by atoms with Gasteiger partial charge in [-0.25, -0.2) is 4.79 Å². The molecule has 0 spiro atoms. The summed E-state index contributed by atoms with van der Waals surface area (Å²) in [6.45, 7) is 6.48. The molecule has 1 aliphatic heterocycles. The van der Waals surface area contributed by atoms with Crippen LogP contribution in [0.25, 0.3) is 10.9 Å². The molecule has 1 aliphatic rings. The Labute approximate surface area is 165 Å². The third-order valence-electron chi connectivity index (χ3n) is 5.37. The molecule has 2 heterocycles. The van der Waals surface area contributed by atoms with E-state index in [0.717, 1.165) is 54.8 Å². The number of amides is 2. The second-order valence-electron chi connectivity index (χ2n) is 7.44. The van der Waals surface area contributed by atoms with Gasteiger partial charge in [-0.2, -0.15) is 5.10 Å². The molecule has 0 saturated carbocycles. The summed E-state index contributed by atoms with van der Waals surface area (Å²) in [5, 5.41) is 12.1. The smallest absolute Gasteiger partial charge is 0.321 e.